The molecule has 3 N–H and O–H groups in total. The Labute approximate surface area is 186 Å². The molecule has 3 aromatic rings. The molecule has 29 heavy (non-hydrogen) atoms. The highest BCUT2D eigenvalue weighted by atomic mass is 35.5. The first-order valence-corrected chi connectivity index (χ1v) is 10.9. The lowest BCUT2D eigenvalue weighted by atomic mass is 9.83. The van der Waals surface area contributed by atoms with Crippen molar-refractivity contribution in [1.29, 1.82) is 0 Å². The maximum atomic E-state index is 12.9. The average molecular weight is 494 g/mol. The van der Waals surface area contributed by atoms with Gasteiger partial charge in [-0.05, 0) is 29.8 Å². The normalized spacial score (nSPS) is 13.8. The van der Waals surface area contributed by atoms with Gasteiger partial charge in [0.1, 0.15) is 0 Å². The van der Waals surface area contributed by atoms with Crippen LogP contribution in [0.5, 0.6) is 11.5 Å². The van der Waals surface area contributed by atoms with E-state index in [2.05, 4.69) is 0 Å². The number of phenols is 2. The van der Waals surface area contributed by atoms with E-state index in [0.717, 1.165) is 6.07 Å². The summed E-state index contributed by atoms with van der Waals surface area (Å²) >= 11 is 24.2. The summed E-state index contributed by atoms with van der Waals surface area (Å²) in [5.41, 5.74) is -0.535. The molecule has 0 saturated carbocycles. The van der Waals surface area contributed by atoms with E-state index in [0.29, 0.717) is 0 Å². The van der Waals surface area contributed by atoms with Gasteiger partial charge in [0.25, 0.3) is 10.1 Å². The van der Waals surface area contributed by atoms with Crippen LogP contribution in [0.4, 0.5) is 0 Å². The molecule has 0 saturated heterocycles. The lowest BCUT2D eigenvalue weighted by molar-refractivity contribution is 0.394. The number of aromatic hydroxyl groups is 2. The lowest BCUT2D eigenvalue weighted by Crippen LogP contribution is -2.38. The minimum atomic E-state index is -5.09. The quantitative estimate of drug-likeness (QED) is 0.239. The Kier molecular flexibility index (Phi) is 5.98. The monoisotopic (exact) mass is 492 g/mol. The molecule has 0 aliphatic heterocycles. The first-order chi connectivity index (χ1) is 13.5. The maximum absolute atomic E-state index is 12.9. The van der Waals surface area contributed by atoms with Gasteiger partial charge in [0, 0.05) is 16.1 Å². The van der Waals surface area contributed by atoms with Gasteiger partial charge in [-0.2, -0.15) is 8.42 Å². The third-order valence-corrected chi connectivity index (χ3v) is 7.27. The Morgan fingerprint density at radius 1 is 0.690 bits per heavy atom. The number of phenolic OH excluding ortho intramolecular Hbond substituents is 2. The number of halogens is 4. The topological polar surface area (TPSA) is 94.8 Å². The summed E-state index contributed by atoms with van der Waals surface area (Å²) in [6.07, 6.45) is 0. The van der Waals surface area contributed by atoms with E-state index in [4.69, 9.17) is 46.4 Å². The highest BCUT2D eigenvalue weighted by Crippen LogP contribution is 2.52. The smallest absolute Gasteiger partial charge is 0.283 e. The maximum Gasteiger partial charge on any atom is 0.283 e. The van der Waals surface area contributed by atoms with Gasteiger partial charge in [0.15, 0.2) is 16.2 Å². The van der Waals surface area contributed by atoms with Gasteiger partial charge < -0.3 is 10.2 Å². The zero-order chi connectivity index (χ0) is 21.6. The minimum Gasteiger partial charge on any atom is -0.504 e. The fraction of sp³-hybridized carbons (Fsp3) is 0.0526. The molecule has 0 bridgehead atoms. The van der Waals surface area contributed by atoms with Crippen LogP contribution in [0.15, 0.2) is 54.6 Å². The third kappa shape index (κ3) is 3.54. The molecule has 1 atom stereocenters. The second kappa shape index (κ2) is 7.87. The van der Waals surface area contributed by atoms with Crippen molar-refractivity contribution in [3.63, 3.8) is 0 Å². The molecule has 0 spiro atoms. The predicted molar refractivity (Wildman–Crippen MR) is 114 cm³/mol. The van der Waals surface area contributed by atoms with Crippen LogP contribution in [-0.4, -0.2) is 23.2 Å². The molecule has 0 aliphatic rings. The summed E-state index contributed by atoms with van der Waals surface area (Å²) in [6.45, 7) is 0. The second-order valence-corrected chi connectivity index (χ2v) is 9.25. The number of hydrogen-bond donors (Lipinski definition) is 3. The van der Waals surface area contributed by atoms with Crippen molar-refractivity contribution in [3.8, 4) is 11.5 Å². The van der Waals surface area contributed by atoms with Gasteiger partial charge in [-0.15, -0.1) is 0 Å². The van der Waals surface area contributed by atoms with Gasteiger partial charge in [0.2, 0.25) is 0 Å². The molecule has 3 rings (SSSR count). The molecule has 0 aromatic heterocycles. The standard InChI is InChI=1S/C19H12Cl4O5S/c20-13-4-2-1-3-11(13)19(29(26,27)28,10-5-7-14(21)16(23)9-10)12-6-8-15(22)18(25)17(12)24/h1-9,24-25H,(H,26,27,28). The Hall–Kier alpha value is -1.67. The summed E-state index contributed by atoms with van der Waals surface area (Å²) < 4.78 is 33.9. The highest BCUT2D eigenvalue weighted by molar-refractivity contribution is 7.87. The molecular formula is C19H12Cl4O5S. The highest BCUT2D eigenvalue weighted by Gasteiger charge is 2.51. The van der Waals surface area contributed by atoms with E-state index in [1.807, 2.05) is 0 Å². The fourth-order valence-corrected chi connectivity index (χ4v) is 5.29. The summed E-state index contributed by atoms with van der Waals surface area (Å²) in [5, 5.41) is 20.6. The Morgan fingerprint density at radius 2 is 1.31 bits per heavy atom. The zero-order valence-electron chi connectivity index (χ0n) is 14.3. The average Bonchev–Trinajstić information content (AvgIpc) is 2.65. The molecule has 5 nitrogen and oxygen atoms in total. The summed E-state index contributed by atoms with van der Waals surface area (Å²) in [5.74, 6) is -1.61. The van der Waals surface area contributed by atoms with Crippen molar-refractivity contribution in [3.05, 3.63) is 91.4 Å². The molecule has 0 fully saturated rings. The van der Waals surface area contributed by atoms with E-state index >= 15 is 0 Å². The SMILES string of the molecule is O=S(=O)(O)C(c1ccc(Cl)c(Cl)c1)(c1ccccc1Cl)c1ccc(Cl)c(O)c1O. The van der Waals surface area contributed by atoms with Crippen LogP contribution < -0.4 is 0 Å². The largest absolute Gasteiger partial charge is 0.504 e. The van der Waals surface area contributed by atoms with Crippen LogP contribution in [0.2, 0.25) is 20.1 Å². The second-order valence-electron chi connectivity index (χ2n) is 6.06. The minimum absolute atomic E-state index is 0.00178. The number of hydrogen-bond acceptors (Lipinski definition) is 4. The van der Waals surface area contributed by atoms with E-state index in [-0.39, 0.29) is 36.8 Å². The van der Waals surface area contributed by atoms with Crippen molar-refractivity contribution in [2.24, 2.45) is 0 Å². The fourth-order valence-electron chi connectivity index (χ4n) is 3.18. The summed E-state index contributed by atoms with van der Waals surface area (Å²) in [4.78, 5) is 0. The third-order valence-electron chi connectivity index (χ3n) is 4.45. The van der Waals surface area contributed by atoms with E-state index in [9.17, 15) is 23.2 Å². The summed E-state index contributed by atoms with van der Waals surface area (Å²) in [6, 6.07) is 12.1. The van der Waals surface area contributed by atoms with Crippen LogP contribution in [0, 0.1) is 0 Å². The molecule has 152 valence electrons. The summed E-state index contributed by atoms with van der Waals surface area (Å²) in [7, 11) is -5.09. The van der Waals surface area contributed by atoms with Crippen LogP contribution in [0.1, 0.15) is 16.7 Å². The van der Waals surface area contributed by atoms with Crippen LogP contribution in [0.3, 0.4) is 0 Å². The zero-order valence-corrected chi connectivity index (χ0v) is 18.1. The van der Waals surface area contributed by atoms with Crippen molar-refractivity contribution in [1.82, 2.24) is 0 Å². The van der Waals surface area contributed by atoms with Crippen LogP contribution in [0.25, 0.3) is 0 Å². The molecule has 0 amide bonds. The van der Waals surface area contributed by atoms with E-state index in [1.165, 1.54) is 42.5 Å². The van der Waals surface area contributed by atoms with Crippen molar-refractivity contribution < 1.29 is 23.2 Å². The van der Waals surface area contributed by atoms with Crippen molar-refractivity contribution in [2.45, 2.75) is 4.75 Å². The Bertz CT molecular complexity index is 1210. The van der Waals surface area contributed by atoms with Gasteiger partial charge in [-0.1, -0.05) is 76.7 Å². The first-order valence-electron chi connectivity index (χ1n) is 7.90. The van der Waals surface area contributed by atoms with Crippen molar-refractivity contribution in [2.75, 3.05) is 0 Å². The molecule has 0 radical (unpaired) electrons. The lowest BCUT2D eigenvalue weighted by Gasteiger charge is -2.34. The van der Waals surface area contributed by atoms with Crippen LogP contribution in [-0.2, 0) is 14.9 Å². The van der Waals surface area contributed by atoms with Crippen LogP contribution >= 0.6 is 46.4 Å². The van der Waals surface area contributed by atoms with E-state index in [1.54, 1.807) is 6.07 Å². The molecule has 0 heterocycles. The van der Waals surface area contributed by atoms with Gasteiger partial charge in [0.05, 0.1) is 15.1 Å². The molecule has 10 heteroatoms. The van der Waals surface area contributed by atoms with Gasteiger partial charge >= 0.3 is 0 Å². The van der Waals surface area contributed by atoms with Gasteiger partial charge in [-0.25, -0.2) is 0 Å². The van der Waals surface area contributed by atoms with Gasteiger partial charge in [-0.3, -0.25) is 4.55 Å². The van der Waals surface area contributed by atoms with E-state index < -0.39 is 26.4 Å². The Morgan fingerprint density at radius 3 is 1.90 bits per heavy atom. The number of rotatable bonds is 4. The molecule has 0 aliphatic carbocycles. The number of benzene rings is 3. The Balaban J connectivity index is 2.61. The molecule has 3 aromatic carbocycles. The first kappa shape index (κ1) is 22.0. The molecule has 1 unspecified atom stereocenters. The van der Waals surface area contributed by atoms with Crippen molar-refractivity contribution >= 4 is 56.5 Å². The predicted octanol–water partition coefficient (Wildman–Crippen LogP) is 5.89. The molecular weight excluding hydrogens is 482 g/mol.